The van der Waals surface area contributed by atoms with Crippen molar-refractivity contribution in [2.24, 2.45) is 4.99 Å². The Hall–Kier alpha value is -2.75. The van der Waals surface area contributed by atoms with Crippen LogP contribution in [0.5, 0.6) is 0 Å². The fourth-order valence-corrected chi connectivity index (χ4v) is 3.81. The summed E-state index contributed by atoms with van der Waals surface area (Å²) in [5.74, 6) is 1.08. The van der Waals surface area contributed by atoms with Gasteiger partial charge in [-0.1, -0.05) is 48.6 Å². The molecule has 2 aliphatic carbocycles. The normalized spacial score (nSPS) is 22.6. The number of nitrogens with one attached hydrogen (secondary N) is 1. The number of aromatic nitrogens is 2. The first-order valence-electron chi connectivity index (χ1n) is 8.99. The third kappa shape index (κ3) is 2.68. The largest absolute Gasteiger partial charge is 0.365 e. The smallest absolute Gasteiger partial charge is 0.101 e. The molecule has 2 atom stereocenters. The van der Waals surface area contributed by atoms with Gasteiger partial charge in [0.15, 0.2) is 0 Å². The molecule has 0 saturated heterocycles. The van der Waals surface area contributed by atoms with Gasteiger partial charge in [0, 0.05) is 12.6 Å². The summed E-state index contributed by atoms with van der Waals surface area (Å²) < 4.78 is 0. The molecule has 25 heavy (non-hydrogen) atoms. The fourth-order valence-electron chi connectivity index (χ4n) is 3.81. The second kappa shape index (κ2) is 5.96. The maximum Gasteiger partial charge on any atom is 0.101 e. The summed E-state index contributed by atoms with van der Waals surface area (Å²) >= 11 is 0. The summed E-state index contributed by atoms with van der Waals surface area (Å²) in [6.07, 6.45) is 14.6. The molecule has 5 rings (SSSR count). The maximum atomic E-state index is 4.95. The van der Waals surface area contributed by atoms with E-state index < -0.39 is 0 Å². The van der Waals surface area contributed by atoms with Crippen molar-refractivity contribution in [2.45, 2.75) is 37.8 Å². The maximum absolute atomic E-state index is 4.95. The molecule has 4 nitrogen and oxygen atoms in total. The zero-order valence-electron chi connectivity index (χ0n) is 14.0. The SMILES string of the molecule is C1=CC2NC(CCc3cnc4c(n3)=CCCC=4)=NC2c2ccccc21. The molecule has 2 aromatic rings. The lowest BCUT2D eigenvalue weighted by Gasteiger charge is -2.21. The molecule has 3 aliphatic rings. The first-order chi connectivity index (χ1) is 12.4. The topological polar surface area (TPSA) is 50.2 Å². The zero-order chi connectivity index (χ0) is 16.6. The van der Waals surface area contributed by atoms with Crippen molar-refractivity contribution in [3.63, 3.8) is 0 Å². The van der Waals surface area contributed by atoms with Gasteiger partial charge in [0.05, 0.1) is 28.3 Å². The van der Waals surface area contributed by atoms with Crippen molar-refractivity contribution in [1.29, 1.82) is 0 Å². The average Bonchev–Trinajstić information content (AvgIpc) is 3.10. The molecule has 4 heteroatoms. The Labute approximate surface area is 146 Å². The van der Waals surface area contributed by atoms with Crippen molar-refractivity contribution in [3.05, 3.63) is 64.1 Å². The average molecular weight is 328 g/mol. The first-order valence-corrected chi connectivity index (χ1v) is 8.99. The first kappa shape index (κ1) is 14.6. The molecule has 124 valence electrons. The van der Waals surface area contributed by atoms with Gasteiger partial charge in [0.1, 0.15) is 6.04 Å². The number of aryl methyl sites for hydroxylation is 1. The van der Waals surface area contributed by atoms with E-state index in [1.165, 1.54) is 11.1 Å². The Bertz CT molecular complexity index is 1000. The summed E-state index contributed by atoms with van der Waals surface area (Å²) in [6.45, 7) is 0. The van der Waals surface area contributed by atoms with Crippen LogP contribution in [0.4, 0.5) is 0 Å². The van der Waals surface area contributed by atoms with Gasteiger partial charge in [-0.25, -0.2) is 4.98 Å². The highest BCUT2D eigenvalue weighted by molar-refractivity contribution is 5.86. The third-order valence-electron chi connectivity index (χ3n) is 5.11. The van der Waals surface area contributed by atoms with Gasteiger partial charge in [0.25, 0.3) is 0 Å². The fraction of sp³-hybridized carbons (Fsp3) is 0.286. The molecule has 1 aromatic carbocycles. The number of benzene rings is 1. The van der Waals surface area contributed by atoms with Gasteiger partial charge in [-0.05, 0) is 30.4 Å². The standard InChI is InChI=1S/C21H20N4/c1-2-6-16-14(5-1)9-11-19-21(16)25-20(24-19)12-10-15-13-22-17-7-3-4-8-18(17)23-15/h1-2,5-9,11,13,19,21H,3-4,10,12H2,(H,24,25). The summed E-state index contributed by atoms with van der Waals surface area (Å²) in [5.41, 5.74) is 3.64. The van der Waals surface area contributed by atoms with Crippen LogP contribution < -0.4 is 16.0 Å². The summed E-state index contributed by atoms with van der Waals surface area (Å²) in [7, 11) is 0. The Morgan fingerprint density at radius 3 is 2.88 bits per heavy atom. The van der Waals surface area contributed by atoms with Gasteiger partial charge < -0.3 is 5.32 Å². The molecule has 1 aliphatic heterocycles. The third-order valence-corrected chi connectivity index (χ3v) is 5.11. The van der Waals surface area contributed by atoms with E-state index in [2.05, 4.69) is 58.9 Å². The van der Waals surface area contributed by atoms with Gasteiger partial charge in [-0.3, -0.25) is 9.98 Å². The second-order valence-electron chi connectivity index (χ2n) is 6.80. The molecule has 0 fully saturated rings. The lowest BCUT2D eigenvalue weighted by Crippen LogP contribution is -2.34. The minimum absolute atomic E-state index is 0.203. The molecule has 0 radical (unpaired) electrons. The monoisotopic (exact) mass is 328 g/mol. The molecule has 0 amide bonds. The van der Waals surface area contributed by atoms with Gasteiger partial charge in [0.2, 0.25) is 0 Å². The predicted octanol–water partition coefficient (Wildman–Crippen LogP) is 1.90. The highest BCUT2D eigenvalue weighted by atomic mass is 15.1. The molecule has 2 unspecified atom stereocenters. The second-order valence-corrected chi connectivity index (χ2v) is 6.80. The van der Waals surface area contributed by atoms with Crippen molar-refractivity contribution in [2.75, 3.05) is 0 Å². The Kier molecular flexibility index (Phi) is 3.47. The van der Waals surface area contributed by atoms with Crippen LogP contribution in [0.1, 0.15) is 42.1 Å². The van der Waals surface area contributed by atoms with E-state index in [4.69, 9.17) is 9.98 Å². The lowest BCUT2D eigenvalue weighted by molar-refractivity contribution is 0.632. The van der Waals surface area contributed by atoms with Crippen molar-refractivity contribution >= 4 is 24.1 Å². The van der Waals surface area contributed by atoms with Gasteiger partial charge in [-0.2, -0.15) is 0 Å². The molecular weight excluding hydrogens is 308 g/mol. The quantitative estimate of drug-likeness (QED) is 0.936. The molecule has 2 heterocycles. The molecule has 1 aromatic heterocycles. The van der Waals surface area contributed by atoms with E-state index in [1.54, 1.807) is 0 Å². The van der Waals surface area contributed by atoms with Gasteiger partial charge in [-0.15, -0.1) is 0 Å². The summed E-state index contributed by atoms with van der Waals surface area (Å²) in [5, 5.41) is 5.63. The number of nitrogens with zero attached hydrogens (tertiary/aromatic N) is 3. The molecular formula is C21H20N4. The molecule has 0 spiro atoms. The molecule has 0 saturated carbocycles. The Morgan fingerprint density at radius 2 is 1.92 bits per heavy atom. The number of aliphatic imine (C=N–C) groups is 1. The van der Waals surface area contributed by atoms with Crippen LogP contribution in [-0.4, -0.2) is 21.8 Å². The number of fused-ring (bicyclic) bond motifs is 4. The Morgan fingerprint density at radius 1 is 1.04 bits per heavy atom. The predicted molar refractivity (Wildman–Crippen MR) is 100 cm³/mol. The highest BCUT2D eigenvalue weighted by Gasteiger charge is 2.31. The van der Waals surface area contributed by atoms with E-state index in [1.807, 2.05) is 6.20 Å². The van der Waals surface area contributed by atoms with Crippen LogP contribution >= 0.6 is 0 Å². The summed E-state index contributed by atoms with van der Waals surface area (Å²) in [6, 6.07) is 9.01. The molecule has 1 N–H and O–H groups in total. The van der Waals surface area contributed by atoms with E-state index in [9.17, 15) is 0 Å². The minimum Gasteiger partial charge on any atom is -0.365 e. The van der Waals surface area contributed by atoms with E-state index in [-0.39, 0.29) is 12.1 Å². The van der Waals surface area contributed by atoms with Crippen molar-refractivity contribution < 1.29 is 0 Å². The van der Waals surface area contributed by atoms with Gasteiger partial charge >= 0.3 is 0 Å². The number of amidine groups is 1. The van der Waals surface area contributed by atoms with Crippen LogP contribution in [0, 0.1) is 0 Å². The number of hydrogen-bond donors (Lipinski definition) is 1. The van der Waals surface area contributed by atoms with Crippen LogP contribution in [0.15, 0.2) is 41.5 Å². The van der Waals surface area contributed by atoms with Crippen molar-refractivity contribution in [3.8, 4) is 0 Å². The highest BCUT2D eigenvalue weighted by Crippen LogP contribution is 2.34. The van der Waals surface area contributed by atoms with Crippen molar-refractivity contribution in [1.82, 2.24) is 15.3 Å². The number of hydrogen-bond acceptors (Lipinski definition) is 4. The molecule has 0 bridgehead atoms. The number of rotatable bonds is 3. The lowest BCUT2D eigenvalue weighted by atomic mass is 9.90. The minimum atomic E-state index is 0.203. The van der Waals surface area contributed by atoms with Crippen LogP contribution in [0.2, 0.25) is 0 Å². The Balaban J connectivity index is 1.34. The van der Waals surface area contributed by atoms with E-state index >= 15 is 0 Å². The van der Waals surface area contributed by atoms with E-state index in [0.717, 1.165) is 47.9 Å². The zero-order valence-corrected chi connectivity index (χ0v) is 14.0. The van der Waals surface area contributed by atoms with Crippen LogP contribution in [-0.2, 0) is 6.42 Å². The van der Waals surface area contributed by atoms with Crippen LogP contribution in [0.3, 0.4) is 0 Å². The van der Waals surface area contributed by atoms with E-state index in [0.29, 0.717) is 0 Å². The summed E-state index contributed by atoms with van der Waals surface area (Å²) in [4.78, 5) is 14.2. The van der Waals surface area contributed by atoms with Crippen LogP contribution in [0.25, 0.3) is 18.2 Å².